The Morgan fingerprint density at radius 1 is 1.29 bits per heavy atom. The highest BCUT2D eigenvalue weighted by Crippen LogP contribution is 2.11. The van der Waals surface area contributed by atoms with E-state index in [4.69, 9.17) is 4.74 Å². The van der Waals surface area contributed by atoms with Gasteiger partial charge in [-0.15, -0.1) is 24.0 Å². The van der Waals surface area contributed by atoms with Crippen molar-refractivity contribution in [1.29, 1.82) is 0 Å². The molecule has 1 aromatic heterocycles. The van der Waals surface area contributed by atoms with Gasteiger partial charge in [-0.25, -0.2) is 0 Å². The molecule has 24 heavy (non-hydrogen) atoms. The van der Waals surface area contributed by atoms with Crippen LogP contribution in [0.4, 0.5) is 0 Å². The molecule has 2 aromatic rings. The number of aromatic nitrogens is 1. The van der Waals surface area contributed by atoms with Gasteiger partial charge in [-0.05, 0) is 29.8 Å². The predicted molar refractivity (Wildman–Crippen MR) is 112 cm³/mol. The molecule has 0 spiro atoms. The van der Waals surface area contributed by atoms with Crippen LogP contribution in [0.1, 0.15) is 5.56 Å². The molecule has 0 radical (unpaired) electrons. The number of pyridine rings is 1. The molecule has 0 fully saturated rings. The lowest BCUT2D eigenvalue weighted by atomic mass is 10.2. The molecule has 0 saturated heterocycles. The van der Waals surface area contributed by atoms with E-state index >= 15 is 0 Å². The smallest absolute Gasteiger partial charge is 0.193 e. The van der Waals surface area contributed by atoms with Crippen LogP contribution in [-0.2, 0) is 6.54 Å². The van der Waals surface area contributed by atoms with E-state index in [2.05, 4.69) is 48.3 Å². The molecule has 0 aliphatic rings. The van der Waals surface area contributed by atoms with Crippen molar-refractivity contribution >= 4 is 45.9 Å². The van der Waals surface area contributed by atoms with Crippen LogP contribution < -0.4 is 10.1 Å². The molecule has 0 atom stereocenters. The van der Waals surface area contributed by atoms with Gasteiger partial charge in [-0.1, -0.05) is 28.1 Å². The van der Waals surface area contributed by atoms with Crippen LogP contribution in [0.25, 0.3) is 0 Å². The number of guanidine groups is 1. The van der Waals surface area contributed by atoms with Gasteiger partial charge >= 0.3 is 0 Å². The zero-order chi connectivity index (χ0) is 16.5. The van der Waals surface area contributed by atoms with Crippen LogP contribution in [0.15, 0.2) is 58.3 Å². The lowest BCUT2D eigenvalue weighted by Crippen LogP contribution is -2.40. The molecule has 0 saturated carbocycles. The lowest BCUT2D eigenvalue weighted by Gasteiger charge is -2.22. The summed E-state index contributed by atoms with van der Waals surface area (Å²) >= 11 is 3.45. The minimum Gasteiger partial charge on any atom is -0.490 e. The van der Waals surface area contributed by atoms with Crippen molar-refractivity contribution in [3.05, 3.63) is 58.8 Å². The van der Waals surface area contributed by atoms with E-state index in [1.807, 2.05) is 31.3 Å². The Labute approximate surface area is 168 Å². The number of nitrogens with one attached hydrogen (secondary N) is 1. The van der Waals surface area contributed by atoms with E-state index in [0.29, 0.717) is 13.2 Å². The van der Waals surface area contributed by atoms with E-state index in [-0.39, 0.29) is 24.0 Å². The summed E-state index contributed by atoms with van der Waals surface area (Å²) in [4.78, 5) is 10.4. The maximum atomic E-state index is 5.61. The fourth-order valence-corrected chi connectivity index (χ4v) is 2.35. The molecular weight excluding hydrogens is 483 g/mol. The Balaban J connectivity index is 0.00000288. The number of rotatable bonds is 6. The average molecular weight is 505 g/mol. The molecule has 1 N–H and O–H groups in total. The van der Waals surface area contributed by atoms with Crippen molar-refractivity contribution in [2.75, 3.05) is 27.2 Å². The lowest BCUT2D eigenvalue weighted by molar-refractivity contribution is 0.318. The highest BCUT2D eigenvalue weighted by Gasteiger charge is 2.06. The van der Waals surface area contributed by atoms with Crippen LogP contribution in [0, 0.1) is 0 Å². The highest BCUT2D eigenvalue weighted by molar-refractivity contribution is 14.0. The zero-order valence-electron chi connectivity index (χ0n) is 13.8. The van der Waals surface area contributed by atoms with Gasteiger partial charge in [0.15, 0.2) is 5.96 Å². The monoisotopic (exact) mass is 504 g/mol. The second-order valence-electron chi connectivity index (χ2n) is 4.99. The van der Waals surface area contributed by atoms with E-state index in [0.717, 1.165) is 22.7 Å². The number of nitrogens with zero attached hydrogens (tertiary/aromatic N) is 3. The van der Waals surface area contributed by atoms with E-state index < -0.39 is 0 Å². The Bertz CT molecular complexity index is 622. The van der Waals surface area contributed by atoms with Gasteiger partial charge in [-0.2, -0.15) is 0 Å². The highest BCUT2D eigenvalue weighted by atomic mass is 127. The summed E-state index contributed by atoms with van der Waals surface area (Å²) < 4.78 is 6.69. The van der Waals surface area contributed by atoms with Gasteiger partial charge in [0.05, 0.1) is 12.7 Å². The molecule has 2 rings (SSSR count). The molecule has 0 aliphatic heterocycles. The largest absolute Gasteiger partial charge is 0.490 e. The first-order chi connectivity index (χ1) is 11.2. The van der Waals surface area contributed by atoms with Crippen LogP contribution >= 0.6 is 39.9 Å². The topological polar surface area (TPSA) is 49.8 Å². The summed E-state index contributed by atoms with van der Waals surface area (Å²) in [5.41, 5.74) is 1.23. The molecular formula is C17H22BrIN4O. The van der Waals surface area contributed by atoms with Crippen molar-refractivity contribution in [1.82, 2.24) is 15.2 Å². The van der Waals surface area contributed by atoms with Gasteiger partial charge in [0.25, 0.3) is 0 Å². The Morgan fingerprint density at radius 2 is 2.04 bits per heavy atom. The molecule has 1 heterocycles. The Morgan fingerprint density at radius 3 is 2.67 bits per heavy atom. The molecule has 130 valence electrons. The van der Waals surface area contributed by atoms with Crippen molar-refractivity contribution in [3.8, 4) is 5.75 Å². The number of halogens is 2. The number of ether oxygens (including phenoxy) is 1. The van der Waals surface area contributed by atoms with Gasteiger partial charge in [0.2, 0.25) is 0 Å². The second kappa shape index (κ2) is 11.2. The fourth-order valence-electron chi connectivity index (χ4n) is 2.09. The minimum absolute atomic E-state index is 0. The molecule has 0 amide bonds. The third-order valence-electron chi connectivity index (χ3n) is 3.19. The van der Waals surface area contributed by atoms with E-state index in [1.165, 1.54) is 5.56 Å². The molecule has 7 heteroatoms. The zero-order valence-corrected chi connectivity index (χ0v) is 17.7. The third-order valence-corrected chi connectivity index (χ3v) is 3.72. The summed E-state index contributed by atoms with van der Waals surface area (Å²) in [5.74, 6) is 1.61. The number of hydrogen-bond donors (Lipinski definition) is 1. The predicted octanol–water partition coefficient (Wildman–Crippen LogP) is 3.55. The van der Waals surface area contributed by atoms with Crippen molar-refractivity contribution in [3.63, 3.8) is 0 Å². The first-order valence-corrected chi connectivity index (χ1v) is 8.17. The van der Waals surface area contributed by atoms with Gasteiger partial charge in [-0.3, -0.25) is 9.98 Å². The first kappa shape index (κ1) is 20.7. The molecule has 5 nitrogen and oxygen atoms in total. The SMILES string of the molecule is CN=C(NCCOc1cccnc1)N(C)Cc1ccc(Br)cc1.I. The molecule has 0 aliphatic carbocycles. The Hall–Kier alpha value is -1.35. The van der Waals surface area contributed by atoms with Crippen LogP contribution in [0.5, 0.6) is 5.75 Å². The van der Waals surface area contributed by atoms with Crippen LogP contribution in [0.3, 0.4) is 0 Å². The number of benzene rings is 1. The van der Waals surface area contributed by atoms with E-state index in [9.17, 15) is 0 Å². The quantitative estimate of drug-likeness (QED) is 0.283. The van der Waals surface area contributed by atoms with Gasteiger partial charge in [0.1, 0.15) is 12.4 Å². The summed E-state index contributed by atoms with van der Waals surface area (Å²) in [6.45, 7) is 2.01. The van der Waals surface area contributed by atoms with Crippen molar-refractivity contribution in [2.24, 2.45) is 4.99 Å². The normalized spacial score (nSPS) is 10.7. The Kier molecular flexibility index (Phi) is 9.70. The summed E-state index contributed by atoms with van der Waals surface area (Å²) in [5, 5.41) is 3.29. The van der Waals surface area contributed by atoms with Gasteiger partial charge < -0.3 is 15.0 Å². The summed E-state index contributed by atoms with van der Waals surface area (Å²) in [6, 6.07) is 12.0. The number of aliphatic imine (C=N–C) groups is 1. The first-order valence-electron chi connectivity index (χ1n) is 7.38. The van der Waals surface area contributed by atoms with Gasteiger partial charge in [0, 0.05) is 31.3 Å². The second-order valence-corrected chi connectivity index (χ2v) is 5.91. The average Bonchev–Trinajstić information content (AvgIpc) is 2.58. The molecule has 1 aromatic carbocycles. The minimum atomic E-state index is 0. The summed E-state index contributed by atoms with van der Waals surface area (Å²) in [7, 11) is 3.79. The third kappa shape index (κ3) is 7.04. The van der Waals surface area contributed by atoms with E-state index in [1.54, 1.807) is 19.4 Å². The molecule has 0 bridgehead atoms. The maximum absolute atomic E-state index is 5.61. The van der Waals surface area contributed by atoms with Crippen molar-refractivity contribution in [2.45, 2.75) is 6.54 Å². The number of hydrogen-bond acceptors (Lipinski definition) is 3. The summed E-state index contributed by atoms with van der Waals surface area (Å²) in [6.07, 6.45) is 3.43. The molecule has 0 unspecified atom stereocenters. The maximum Gasteiger partial charge on any atom is 0.193 e. The standard InChI is InChI=1S/C17H21BrN4O.HI/c1-19-17(21-10-11-23-16-4-3-9-20-12-16)22(2)13-14-5-7-15(18)8-6-14;/h3-9,12H,10-11,13H2,1-2H3,(H,19,21);1H. The van der Waals surface area contributed by atoms with Crippen LogP contribution in [0.2, 0.25) is 0 Å². The van der Waals surface area contributed by atoms with Crippen LogP contribution in [-0.4, -0.2) is 43.1 Å². The fraction of sp³-hybridized carbons (Fsp3) is 0.294. The van der Waals surface area contributed by atoms with Crippen molar-refractivity contribution < 1.29 is 4.74 Å².